The Balaban J connectivity index is 1.35. The van der Waals surface area contributed by atoms with Crippen molar-refractivity contribution >= 4 is 0 Å². The minimum atomic E-state index is 0.431. The number of aromatic hydroxyl groups is 1. The Morgan fingerprint density at radius 1 is 0.935 bits per heavy atom. The molecule has 3 aliphatic carbocycles. The van der Waals surface area contributed by atoms with Gasteiger partial charge in [0.05, 0.1) is 0 Å². The summed E-state index contributed by atoms with van der Waals surface area (Å²) in [4.78, 5) is 0. The highest BCUT2D eigenvalue weighted by atomic mass is 16.3. The van der Waals surface area contributed by atoms with E-state index in [0.29, 0.717) is 11.2 Å². The third-order valence-electron chi connectivity index (χ3n) is 8.63. The topological polar surface area (TPSA) is 20.2 Å². The van der Waals surface area contributed by atoms with Crippen LogP contribution in [0.1, 0.15) is 75.0 Å². The summed E-state index contributed by atoms with van der Waals surface area (Å²) in [5.74, 6) is 3.78. The molecule has 0 radical (unpaired) electrons. The Morgan fingerprint density at radius 2 is 1.77 bits per heavy atom. The highest BCUT2D eigenvalue weighted by molar-refractivity contribution is 5.37. The summed E-state index contributed by atoms with van der Waals surface area (Å²) in [5.41, 5.74) is 4.36. The number of benzene rings is 2. The van der Waals surface area contributed by atoms with Gasteiger partial charge >= 0.3 is 0 Å². The standard InChI is InChI=1S/C30H38O/c1-22-8-6-14-30(21-22)15-7-12-28-26(11-5-13-29(28)30)18-25-17-24(19-27(31)20-25)16-23-9-3-2-4-10-23/h2-4,6,9-10,14,17,19-20,22,26,28-29,31H,5,7-8,11-13,15-16,18,21H2,1H3. The molecule has 2 fully saturated rings. The molecule has 0 amide bonds. The Hall–Kier alpha value is -2.02. The van der Waals surface area contributed by atoms with Crippen molar-refractivity contribution in [1.29, 1.82) is 0 Å². The molecule has 0 aliphatic heterocycles. The van der Waals surface area contributed by atoms with Gasteiger partial charge in [-0.3, -0.25) is 0 Å². The van der Waals surface area contributed by atoms with Gasteiger partial charge in [-0.05, 0) is 109 Å². The Kier molecular flexibility index (Phi) is 5.95. The summed E-state index contributed by atoms with van der Waals surface area (Å²) in [7, 11) is 0. The fourth-order valence-electron chi connectivity index (χ4n) is 7.51. The number of phenolic OH excluding ortho intramolecular Hbond substituents is 1. The van der Waals surface area contributed by atoms with Crippen molar-refractivity contribution in [3.63, 3.8) is 0 Å². The van der Waals surface area contributed by atoms with Crippen molar-refractivity contribution in [2.24, 2.45) is 29.1 Å². The summed E-state index contributed by atoms with van der Waals surface area (Å²) >= 11 is 0. The Labute approximate surface area is 188 Å². The highest BCUT2D eigenvalue weighted by Crippen LogP contribution is 2.57. The first-order valence-electron chi connectivity index (χ1n) is 12.6. The van der Waals surface area contributed by atoms with Crippen LogP contribution in [0.5, 0.6) is 5.75 Å². The maximum atomic E-state index is 10.5. The van der Waals surface area contributed by atoms with Crippen LogP contribution < -0.4 is 0 Å². The van der Waals surface area contributed by atoms with E-state index in [-0.39, 0.29) is 0 Å². The molecule has 2 aromatic rings. The molecule has 0 heterocycles. The monoisotopic (exact) mass is 414 g/mol. The average molecular weight is 415 g/mol. The third kappa shape index (κ3) is 4.47. The number of allylic oxidation sites excluding steroid dienone is 2. The van der Waals surface area contributed by atoms with E-state index >= 15 is 0 Å². The summed E-state index contributed by atoms with van der Waals surface area (Å²) in [6.07, 6.45) is 18.3. The molecule has 2 saturated carbocycles. The van der Waals surface area contributed by atoms with Crippen molar-refractivity contribution in [2.75, 3.05) is 0 Å². The number of rotatable bonds is 4. The molecule has 2 aromatic carbocycles. The number of hydrogen-bond donors (Lipinski definition) is 1. The van der Waals surface area contributed by atoms with E-state index in [1.807, 2.05) is 12.1 Å². The normalized spacial score (nSPS) is 32.7. The molecule has 0 aromatic heterocycles. The smallest absolute Gasteiger partial charge is 0.116 e. The fourth-order valence-corrected chi connectivity index (χ4v) is 7.51. The second-order valence-corrected chi connectivity index (χ2v) is 10.9. The van der Waals surface area contributed by atoms with Crippen LogP contribution in [0.15, 0.2) is 60.7 Å². The van der Waals surface area contributed by atoms with Gasteiger partial charge < -0.3 is 5.11 Å². The van der Waals surface area contributed by atoms with E-state index in [2.05, 4.69) is 55.5 Å². The molecule has 1 spiro atoms. The van der Waals surface area contributed by atoms with E-state index in [9.17, 15) is 5.11 Å². The van der Waals surface area contributed by atoms with Crippen LogP contribution in [0.2, 0.25) is 0 Å². The lowest BCUT2D eigenvalue weighted by molar-refractivity contribution is -0.00558. The predicted molar refractivity (Wildman–Crippen MR) is 129 cm³/mol. The van der Waals surface area contributed by atoms with Crippen LogP contribution >= 0.6 is 0 Å². The van der Waals surface area contributed by atoms with Crippen LogP contribution in [-0.2, 0) is 12.8 Å². The molecule has 1 nitrogen and oxygen atoms in total. The van der Waals surface area contributed by atoms with Crippen LogP contribution in [0.4, 0.5) is 0 Å². The van der Waals surface area contributed by atoms with E-state index < -0.39 is 0 Å². The lowest BCUT2D eigenvalue weighted by Gasteiger charge is -2.54. The molecule has 5 unspecified atom stereocenters. The van der Waals surface area contributed by atoms with Crippen molar-refractivity contribution in [3.8, 4) is 5.75 Å². The Bertz CT molecular complexity index is 913. The molecule has 31 heavy (non-hydrogen) atoms. The first-order valence-corrected chi connectivity index (χ1v) is 12.6. The molecule has 164 valence electrons. The van der Waals surface area contributed by atoms with Gasteiger partial charge in [-0.1, -0.05) is 68.3 Å². The predicted octanol–water partition coefficient (Wildman–Crippen LogP) is 7.71. The van der Waals surface area contributed by atoms with E-state index in [4.69, 9.17) is 0 Å². The molecule has 5 atom stereocenters. The first-order chi connectivity index (χ1) is 15.1. The number of hydrogen-bond acceptors (Lipinski definition) is 1. The molecule has 0 bridgehead atoms. The van der Waals surface area contributed by atoms with Gasteiger partial charge in [0.1, 0.15) is 5.75 Å². The molecular formula is C30H38O. The van der Waals surface area contributed by atoms with E-state index in [0.717, 1.165) is 36.5 Å². The van der Waals surface area contributed by atoms with Gasteiger partial charge in [-0.2, -0.15) is 0 Å². The summed E-state index contributed by atoms with van der Waals surface area (Å²) in [6, 6.07) is 16.9. The quantitative estimate of drug-likeness (QED) is 0.508. The summed E-state index contributed by atoms with van der Waals surface area (Å²) in [6.45, 7) is 2.45. The zero-order valence-corrected chi connectivity index (χ0v) is 19.1. The lowest BCUT2D eigenvalue weighted by atomic mass is 9.51. The fraction of sp³-hybridized carbons (Fsp3) is 0.533. The highest BCUT2D eigenvalue weighted by Gasteiger charge is 2.48. The zero-order chi connectivity index (χ0) is 21.3. The van der Waals surface area contributed by atoms with Crippen molar-refractivity contribution in [2.45, 2.75) is 71.1 Å². The molecule has 3 aliphatic rings. The van der Waals surface area contributed by atoms with Crippen LogP contribution in [0.3, 0.4) is 0 Å². The number of phenols is 1. The maximum Gasteiger partial charge on any atom is 0.116 e. The van der Waals surface area contributed by atoms with Gasteiger partial charge in [-0.25, -0.2) is 0 Å². The van der Waals surface area contributed by atoms with Gasteiger partial charge in [0.15, 0.2) is 0 Å². The van der Waals surface area contributed by atoms with E-state index in [1.54, 1.807) is 0 Å². The SMILES string of the molecule is CC1CC=CC2(CCCC3C(Cc4cc(O)cc(Cc5ccccc5)c4)CCCC32)C1. The van der Waals surface area contributed by atoms with Crippen LogP contribution in [0.25, 0.3) is 0 Å². The molecule has 1 N–H and O–H groups in total. The molecule has 0 saturated heterocycles. The third-order valence-corrected chi connectivity index (χ3v) is 8.63. The molecule has 5 rings (SSSR count). The van der Waals surface area contributed by atoms with Crippen LogP contribution in [0, 0.1) is 29.1 Å². The average Bonchev–Trinajstić information content (AvgIpc) is 2.75. The van der Waals surface area contributed by atoms with Gasteiger partial charge in [0.25, 0.3) is 0 Å². The maximum absolute atomic E-state index is 10.5. The zero-order valence-electron chi connectivity index (χ0n) is 19.1. The largest absolute Gasteiger partial charge is 0.508 e. The van der Waals surface area contributed by atoms with Gasteiger partial charge in [-0.15, -0.1) is 0 Å². The van der Waals surface area contributed by atoms with Gasteiger partial charge in [0.2, 0.25) is 0 Å². The number of fused-ring (bicyclic) bond motifs is 2. The minimum Gasteiger partial charge on any atom is -0.508 e. The van der Waals surface area contributed by atoms with Crippen molar-refractivity contribution in [3.05, 3.63) is 77.4 Å². The molecular weight excluding hydrogens is 376 g/mol. The van der Waals surface area contributed by atoms with E-state index in [1.165, 1.54) is 68.1 Å². The van der Waals surface area contributed by atoms with Crippen LogP contribution in [-0.4, -0.2) is 5.11 Å². The second-order valence-electron chi connectivity index (χ2n) is 10.9. The lowest BCUT2D eigenvalue weighted by Crippen LogP contribution is -2.45. The minimum absolute atomic E-state index is 0.431. The first kappa shape index (κ1) is 20.9. The summed E-state index contributed by atoms with van der Waals surface area (Å²) in [5, 5.41) is 10.5. The van der Waals surface area contributed by atoms with Gasteiger partial charge in [0, 0.05) is 0 Å². The van der Waals surface area contributed by atoms with Crippen molar-refractivity contribution < 1.29 is 5.11 Å². The Morgan fingerprint density at radius 3 is 2.61 bits per heavy atom. The summed E-state index contributed by atoms with van der Waals surface area (Å²) < 4.78 is 0. The van der Waals surface area contributed by atoms with Crippen molar-refractivity contribution in [1.82, 2.24) is 0 Å². The molecule has 1 heteroatoms. The second kappa shape index (κ2) is 8.85.